The predicted molar refractivity (Wildman–Crippen MR) is 147 cm³/mol. The van der Waals surface area contributed by atoms with E-state index in [0.29, 0.717) is 12.3 Å². The first-order valence-corrected chi connectivity index (χ1v) is 13.8. The number of carbonyl (C=O) groups is 1. The molecule has 0 saturated carbocycles. The second-order valence-corrected chi connectivity index (χ2v) is 10.5. The molecule has 4 atom stereocenters. The molecule has 1 heterocycles. The van der Waals surface area contributed by atoms with Crippen molar-refractivity contribution in [1.29, 1.82) is 0 Å². The molecule has 3 aromatic carbocycles. The standard InChI is InChI=1S/C30H35NO5S/c1-20-28(19-37-14-13-32)35-30(36-29(20)24-11-9-22(18-33)10-12-24)27-8-4-7-26(16-27)25-6-3-5-23(15-25)17-31-21(2)34/h3-12,15-16,20,28-30,32-33H,13-14,17-19H2,1-2H3,(H,31,34)/t20-,28+,29+,30+/m1/s1. The first-order valence-electron chi connectivity index (χ1n) is 12.6. The summed E-state index contributed by atoms with van der Waals surface area (Å²) in [4.78, 5) is 11.3. The predicted octanol–water partition coefficient (Wildman–Crippen LogP) is 5.00. The van der Waals surface area contributed by atoms with Crippen molar-refractivity contribution in [2.45, 2.75) is 45.5 Å². The van der Waals surface area contributed by atoms with Crippen molar-refractivity contribution < 1.29 is 24.5 Å². The van der Waals surface area contributed by atoms with Gasteiger partial charge in [-0.15, -0.1) is 0 Å². The molecule has 7 heteroatoms. The van der Waals surface area contributed by atoms with Crippen LogP contribution in [0.2, 0.25) is 0 Å². The summed E-state index contributed by atoms with van der Waals surface area (Å²) >= 11 is 1.68. The van der Waals surface area contributed by atoms with Gasteiger partial charge in [-0.2, -0.15) is 11.8 Å². The normalized spacial score (nSPS) is 21.5. The van der Waals surface area contributed by atoms with Gasteiger partial charge in [0.15, 0.2) is 6.29 Å². The van der Waals surface area contributed by atoms with E-state index < -0.39 is 6.29 Å². The summed E-state index contributed by atoms with van der Waals surface area (Å²) in [6.45, 7) is 4.29. The summed E-state index contributed by atoms with van der Waals surface area (Å²) in [5.74, 6) is 1.48. The number of amides is 1. The van der Waals surface area contributed by atoms with Gasteiger partial charge in [0.25, 0.3) is 0 Å². The van der Waals surface area contributed by atoms with E-state index >= 15 is 0 Å². The molecule has 0 unspecified atom stereocenters. The zero-order valence-corrected chi connectivity index (χ0v) is 22.1. The zero-order valence-electron chi connectivity index (χ0n) is 21.3. The van der Waals surface area contributed by atoms with E-state index in [9.17, 15) is 15.0 Å². The van der Waals surface area contributed by atoms with Gasteiger partial charge in [0.05, 0.1) is 25.4 Å². The summed E-state index contributed by atoms with van der Waals surface area (Å²) < 4.78 is 13.1. The van der Waals surface area contributed by atoms with Gasteiger partial charge in [-0.1, -0.05) is 67.6 Å². The number of aliphatic hydroxyl groups is 2. The highest BCUT2D eigenvalue weighted by atomic mass is 32.2. The molecule has 1 saturated heterocycles. The molecular formula is C30H35NO5S. The second kappa shape index (κ2) is 13.2. The lowest BCUT2D eigenvalue weighted by atomic mass is 9.91. The van der Waals surface area contributed by atoms with E-state index in [1.54, 1.807) is 11.8 Å². The molecule has 1 fully saturated rings. The molecule has 0 aromatic heterocycles. The molecular weight excluding hydrogens is 486 g/mol. The van der Waals surface area contributed by atoms with Crippen LogP contribution < -0.4 is 5.32 Å². The lowest BCUT2D eigenvalue weighted by molar-refractivity contribution is -0.268. The zero-order chi connectivity index (χ0) is 26.2. The van der Waals surface area contributed by atoms with Crippen molar-refractivity contribution in [2.24, 2.45) is 5.92 Å². The molecule has 1 aliphatic rings. The van der Waals surface area contributed by atoms with Crippen molar-refractivity contribution in [2.75, 3.05) is 18.1 Å². The SMILES string of the molecule is CC(=O)NCc1cccc(-c2cccc([C@H]3O[C@@H](CSCCO)[C@@H](C)[C@@H](c4ccc(CO)cc4)O3)c2)c1. The molecule has 3 aromatic rings. The minimum absolute atomic E-state index is 0.00628. The summed E-state index contributed by atoms with van der Waals surface area (Å²) in [7, 11) is 0. The molecule has 4 rings (SSSR count). The van der Waals surface area contributed by atoms with Crippen molar-refractivity contribution in [3.63, 3.8) is 0 Å². The summed E-state index contributed by atoms with van der Waals surface area (Å²) in [6.07, 6.45) is -0.765. The molecule has 0 radical (unpaired) electrons. The molecule has 1 aliphatic heterocycles. The number of ether oxygens (including phenoxy) is 2. The van der Waals surface area contributed by atoms with E-state index in [2.05, 4.69) is 36.5 Å². The molecule has 6 nitrogen and oxygen atoms in total. The Hall–Kier alpha value is -2.68. The third-order valence-electron chi connectivity index (χ3n) is 6.60. The van der Waals surface area contributed by atoms with Crippen molar-refractivity contribution in [3.8, 4) is 11.1 Å². The Morgan fingerprint density at radius 3 is 2.35 bits per heavy atom. The van der Waals surface area contributed by atoms with Gasteiger partial charge in [0.1, 0.15) is 0 Å². The fraction of sp³-hybridized carbons (Fsp3) is 0.367. The van der Waals surface area contributed by atoms with Crippen LogP contribution in [-0.4, -0.2) is 40.3 Å². The van der Waals surface area contributed by atoms with Crippen LogP contribution in [0.15, 0.2) is 72.8 Å². The number of benzene rings is 3. The minimum Gasteiger partial charge on any atom is -0.396 e. The highest BCUT2D eigenvalue weighted by Gasteiger charge is 2.38. The Morgan fingerprint density at radius 2 is 1.65 bits per heavy atom. The van der Waals surface area contributed by atoms with Gasteiger partial charge >= 0.3 is 0 Å². The molecule has 0 spiro atoms. The van der Waals surface area contributed by atoms with E-state index in [-0.39, 0.29) is 37.2 Å². The highest BCUT2D eigenvalue weighted by molar-refractivity contribution is 7.99. The fourth-order valence-corrected chi connectivity index (χ4v) is 5.44. The minimum atomic E-state index is -0.541. The maximum absolute atomic E-state index is 11.3. The van der Waals surface area contributed by atoms with Crippen LogP contribution in [0.1, 0.15) is 48.5 Å². The third kappa shape index (κ3) is 7.21. The van der Waals surface area contributed by atoms with Gasteiger partial charge in [-0.3, -0.25) is 4.79 Å². The first kappa shape index (κ1) is 27.4. The van der Waals surface area contributed by atoms with Crippen molar-refractivity contribution in [1.82, 2.24) is 5.32 Å². The molecule has 1 amide bonds. The highest BCUT2D eigenvalue weighted by Crippen LogP contribution is 2.43. The van der Waals surface area contributed by atoms with Crippen LogP contribution in [-0.2, 0) is 27.4 Å². The Kier molecular flexibility index (Phi) is 9.77. The van der Waals surface area contributed by atoms with Gasteiger partial charge in [0.2, 0.25) is 5.91 Å². The molecule has 0 aliphatic carbocycles. The number of hydrogen-bond acceptors (Lipinski definition) is 6. The second-order valence-electron chi connectivity index (χ2n) is 9.36. The monoisotopic (exact) mass is 521 g/mol. The molecule has 3 N–H and O–H groups in total. The van der Waals surface area contributed by atoms with Crippen LogP contribution in [0.5, 0.6) is 0 Å². The summed E-state index contributed by atoms with van der Waals surface area (Å²) in [5.41, 5.74) is 5.99. The maximum Gasteiger partial charge on any atom is 0.217 e. The van der Waals surface area contributed by atoms with Crippen LogP contribution in [0.4, 0.5) is 0 Å². The van der Waals surface area contributed by atoms with E-state index in [4.69, 9.17) is 9.47 Å². The van der Waals surface area contributed by atoms with Gasteiger partial charge < -0.3 is 25.0 Å². The fourth-order valence-electron chi connectivity index (χ4n) is 4.53. The number of aliphatic hydroxyl groups excluding tert-OH is 2. The molecule has 196 valence electrons. The van der Waals surface area contributed by atoms with E-state index in [1.165, 1.54) is 6.92 Å². The van der Waals surface area contributed by atoms with Crippen molar-refractivity contribution >= 4 is 17.7 Å². The number of thioether (sulfide) groups is 1. The quantitative estimate of drug-likeness (QED) is 0.326. The topological polar surface area (TPSA) is 88.0 Å². The Bertz CT molecular complexity index is 1170. The maximum atomic E-state index is 11.3. The van der Waals surface area contributed by atoms with Gasteiger partial charge in [-0.05, 0) is 39.9 Å². The summed E-state index contributed by atoms with van der Waals surface area (Å²) in [6, 6.07) is 24.2. The molecule has 0 bridgehead atoms. The average Bonchev–Trinajstić information content (AvgIpc) is 2.93. The van der Waals surface area contributed by atoms with E-state index in [0.717, 1.165) is 39.1 Å². The van der Waals surface area contributed by atoms with E-state index in [1.807, 2.05) is 48.5 Å². The smallest absolute Gasteiger partial charge is 0.217 e. The Morgan fingerprint density at radius 1 is 0.919 bits per heavy atom. The van der Waals surface area contributed by atoms with Gasteiger partial charge in [0, 0.05) is 36.5 Å². The van der Waals surface area contributed by atoms with Crippen LogP contribution in [0.3, 0.4) is 0 Å². The van der Waals surface area contributed by atoms with Crippen LogP contribution >= 0.6 is 11.8 Å². The third-order valence-corrected chi connectivity index (χ3v) is 7.64. The summed E-state index contributed by atoms with van der Waals surface area (Å²) in [5, 5.41) is 21.6. The Labute approximate surface area is 223 Å². The van der Waals surface area contributed by atoms with Crippen LogP contribution in [0, 0.1) is 5.92 Å². The number of nitrogens with one attached hydrogen (secondary N) is 1. The Balaban J connectivity index is 1.60. The van der Waals surface area contributed by atoms with Gasteiger partial charge in [-0.25, -0.2) is 0 Å². The lowest BCUT2D eigenvalue weighted by Gasteiger charge is -2.41. The van der Waals surface area contributed by atoms with Crippen LogP contribution in [0.25, 0.3) is 11.1 Å². The number of carbonyl (C=O) groups excluding carboxylic acids is 1. The number of rotatable bonds is 10. The molecule has 37 heavy (non-hydrogen) atoms. The first-order chi connectivity index (χ1) is 18.0. The van der Waals surface area contributed by atoms with Crippen molar-refractivity contribution in [3.05, 3.63) is 95.1 Å². The average molecular weight is 522 g/mol. The number of hydrogen-bond donors (Lipinski definition) is 3. The lowest BCUT2D eigenvalue weighted by Crippen LogP contribution is -2.38. The largest absolute Gasteiger partial charge is 0.396 e.